The van der Waals surface area contributed by atoms with Crippen LogP contribution < -0.4 is 0 Å². The lowest BCUT2D eigenvalue weighted by molar-refractivity contribution is -0.282. The Bertz CT molecular complexity index is 701. The predicted octanol–water partition coefficient (Wildman–Crippen LogP) is 4.45. The van der Waals surface area contributed by atoms with Crippen molar-refractivity contribution in [2.24, 2.45) is 40.4 Å². The average Bonchev–Trinajstić information content (AvgIpc) is 3.00. The molecule has 0 aromatic carbocycles. The molecule has 4 fully saturated rings. The number of aliphatic hydroxyl groups is 4. The third-order valence-corrected chi connectivity index (χ3v) is 10.7. The third kappa shape index (κ3) is 3.55. The molecular weight excluding hydrogens is 388 g/mol. The Morgan fingerprint density at radius 3 is 2.45 bits per heavy atom. The SMILES string of the molecule is CC(C)=CCC[C@@H](C)[C@H]1CC[C@H]2[C@@H]3C[C@@H](O)[C@@]4(O)C[C@@H](O)CC[C@]4(C)[C@H]3[C@@H](O)C[C@]12C. The summed E-state index contributed by atoms with van der Waals surface area (Å²) in [6, 6.07) is 0. The van der Waals surface area contributed by atoms with Crippen molar-refractivity contribution in [2.45, 2.75) is 116 Å². The van der Waals surface area contributed by atoms with Crippen molar-refractivity contribution < 1.29 is 20.4 Å². The number of rotatable bonds is 4. The molecule has 31 heavy (non-hydrogen) atoms. The second kappa shape index (κ2) is 8.11. The highest BCUT2D eigenvalue weighted by molar-refractivity contribution is 5.19. The molecule has 0 saturated heterocycles. The summed E-state index contributed by atoms with van der Waals surface area (Å²) in [6.07, 6.45) is 8.12. The van der Waals surface area contributed by atoms with Crippen LogP contribution in [0.5, 0.6) is 0 Å². The summed E-state index contributed by atoms with van der Waals surface area (Å²) in [5.41, 5.74) is -0.350. The highest BCUT2D eigenvalue weighted by Gasteiger charge is 2.69. The molecule has 0 aromatic rings. The average molecular weight is 435 g/mol. The Labute approximate surface area is 189 Å². The summed E-state index contributed by atoms with van der Waals surface area (Å²) < 4.78 is 0. The molecule has 178 valence electrons. The summed E-state index contributed by atoms with van der Waals surface area (Å²) in [4.78, 5) is 0. The standard InChI is InChI=1S/C27H46O4/c1-16(2)7-6-8-17(3)20-9-10-21-19-13-23(30)27(31)14-18(28)11-12-26(27,5)24(19)22(29)15-25(20,21)4/h7,17-24,28-31H,6,8-15H2,1-5H3/t17-,18+,19+,20-,21+,22+,23-,24-,25-,26-,27+/m1/s1. The summed E-state index contributed by atoms with van der Waals surface area (Å²) in [7, 11) is 0. The highest BCUT2D eigenvalue weighted by Crippen LogP contribution is 2.69. The van der Waals surface area contributed by atoms with E-state index >= 15 is 0 Å². The molecule has 4 heteroatoms. The van der Waals surface area contributed by atoms with Gasteiger partial charge in [0, 0.05) is 11.8 Å². The first-order valence-electron chi connectivity index (χ1n) is 12.8. The minimum Gasteiger partial charge on any atom is -0.393 e. The van der Waals surface area contributed by atoms with E-state index in [1.807, 2.05) is 0 Å². The first kappa shape index (κ1) is 23.7. The fourth-order valence-corrected chi connectivity index (χ4v) is 9.19. The van der Waals surface area contributed by atoms with Crippen LogP contribution >= 0.6 is 0 Å². The van der Waals surface area contributed by atoms with Crippen LogP contribution in [0.25, 0.3) is 0 Å². The van der Waals surface area contributed by atoms with Gasteiger partial charge in [-0.3, -0.25) is 0 Å². The number of aliphatic hydroxyl groups excluding tert-OH is 3. The van der Waals surface area contributed by atoms with Gasteiger partial charge in [0.05, 0.1) is 23.9 Å². The van der Waals surface area contributed by atoms with Crippen molar-refractivity contribution >= 4 is 0 Å². The molecule has 0 aromatic heterocycles. The number of hydrogen-bond donors (Lipinski definition) is 4. The smallest absolute Gasteiger partial charge is 0.0986 e. The van der Waals surface area contributed by atoms with E-state index in [0.29, 0.717) is 37.0 Å². The number of fused-ring (bicyclic) bond motifs is 5. The molecule has 0 heterocycles. The molecule has 0 spiro atoms. The Kier molecular flexibility index (Phi) is 6.21. The molecule has 0 radical (unpaired) electrons. The lowest BCUT2D eigenvalue weighted by Gasteiger charge is -2.66. The minimum atomic E-state index is -1.30. The summed E-state index contributed by atoms with van der Waals surface area (Å²) >= 11 is 0. The fourth-order valence-electron chi connectivity index (χ4n) is 9.19. The van der Waals surface area contributed by atoms with Crippen LogP contribution in [0, 0.1) is 40.4 Å². The van der Waals surface area contributed by atoms with Gasteiger partial charge in [0.25, 0.3) is 0 Å². The first-order valence-corrected chi connectivity index (χ1v) is 12.8. The highest BCUT2D eigenvalue weighted by atomic mass is 16.3. The van der Waals surface area contributed by atoms with Crippen LogP contribution in [0.1, 0.15) is 92.4 Å². The molecule has 0 bridgehead atoms. The lowest BCUT2D eigenvalue weighted by Crippen LogP contribution is -2.71. The van der Waals surface area contributed by atoms with Crippen molar-refractivity contribution in [3.8, 4) is 0 Å². The molecule has 4 rings (SSSR count). The van der Waals surface area contributed by atoms with Crippen molar-refractivity contribution in [3.63, 3.8) is 0 Å². The maximum atomic E-state index is 11.6. The van der Waals surface area contributed by atoms with E-state index in [1.54, 1.807) is 0 Å². The van der Waals surface area contributed by atoms with Gasteiger partial charge in [0.1, 0.15) is 0 Å². The van der Waals surface area contributed by atoms with E-state index < -0.39 is 29.3 Å². The van der Waals surface area contributed by atoms with Gasteiger partial charge in [-0.25, -0.2) is 0 Å². The summed E-state index contributed by atoms with van der Waals surface area (Å²) in [5.74, 6) is 1.99. The van der Waals surface area contributed by atoms with Gasteiger partial charge in [-0.15, -0.1) is 0 Å². The maximum Gasteiger partial charge on any atom is 0.0986 e. The molecule has 4 nitrogen and oxygen atoms in total. The van der Waals surface area contributed by atoms with Gasteiger partial charge in [-0.05, 0) is 100 Å². The van der Waals surface area contributed by atoms with Crippen LogP contribution in [0.2, 0.25) is 0 Å². The zero-order valence-electron chi connectivity index (χ0n) is 20.3. The normalized spacial score (nSPS) is 52.6. The zero-order valence-corrected chi connectivity index (χ0v) is 20.3. The van der Waals surface area contributed by atoms with E-state index in [-0.39, 0.29) is 23.7 Å². The van der Waals surface area contributed by atoms with Gasteiger partial charge < -0.3 is 20.4 Å². The van der Waals surface area contributed by atoms with Gasteiger partial charge >= 0.3 is 0 Å². The second-order valence-electron chi connectivity index (χ2n) is 12.6. The molecule has 0 aliphatic heterocycles. The molecule has 0 unspecified atom stereocenters. The molecule has 11 atom stereocenters. The van der Waals surface area contributed by atoms with E-state index in [2.05, 4.69) is 40.7 Å². The minimum absolute atomic E-state index is 0.00575. The quantitative estimate of drug-likeness (QED) is 0.493. The van der Waals surface area contributed by atoms with E-state index in [1.165, 1.54) is 24.8 Å². The molecule has 0 amide bonds. The van der Waals surface area contributed by atoms with Crippen molar-refractivity contribution in [1.29, 1.82) is 0 Å². The van der Waals surface area contributed by atoms with Crippen LogP contribution in [0.4, 0.5) is 0 Å². The summed E-state index contributed by atoms with van der Waals surface area (Å²) in [5, 5.41) is 44.6. The topological polar surface area (TPSA) is 80.9 Å². The van der Waals surface area contributed by atoms with Crippen molar-refractivity contribution in [1.82, 2.24) is 0 Å². The third-order valence-electron chi connectivity index (χ3n) is 10.7. The number of hydrogen-bond acceptors (Lipinski definition) is 4. The molecule has 4 aliphatic rings. The largest absolute Gasteiger partial charge is 0.393 e. The van der Waals surface area contributed by atoms with E-state index in [9.17, 15) is 20.4 Å². The first-order chi connectivity index (χ1) is 14.4. The van der Waals surface area contributed by atoms with E-state index in [0.717, 1.165) is 12.8 Å². The molecule has 4 N–H and O–H groups in total. The zero-order chi connectivity index (χ0) is 22.8. The molecule has 4 aliphatic carbocycles. The van der Waals surface area contributed by atoms with Crippen molar-refractivity contribution in [2.75, 3.05) is 0 Å². The maximum absolute atomic E-state index is 11.6. The monoisotopic (exact) mass is 434 g/mol. The van der Waals surface area contributed by atoms with Gasteiger partial charge in [-0.2, -0.15) is 0 Å². The van der Waals surface area contributed by atoms with Crippen LogP contribution in [-0.2, 0) is 0 Å². The van der Waals surface area contributed by atoms with Crippen LogP contribution in [-0.4, -0.2) is 44.3 Å². The Balaban J connectivity index is 1.60. The second-order valence-corrected chi connectivity index (χ2v) is 12.6. The van der Waals surface area contributed by atoms with Crippen LogP contribution in [0.3, 0.4) is 0 Å². The Hall–Kier alpha value is -0.420. The molecule has 4 saturated carbocycles. The van der Waals surface area contributed by atoms with Gasteiger partial charge in [0.15, 0.2) is 0 Å². The van der Waals surface area contributed by atoms with E-state index in [4.69, 9.17) is 0 Å². The summed E-state index contributed by atoms with van der Waals surface area (Å²) in [6.45, 7) is 11.2. The fraction of sp³-hybridized carbons (Fsp3) is 0.926. The lowest BCUT2D eigenvalue weighted by atomic mass is 9.41. The van der Waals surface area contributed by atoms with Gasteiger partial charge in [-0.1, -0.05) is 32.4 Å². The number of allylic oxidation sites excluding steroid dienone is 2. The predicted molar refractivity (Wildman–Crippen MR) is 123 cm³/mol. The molecular formula is C27H46O4. The Morgan fingerprint density at radius 1 is 1.06 bits per heavy atom. The van der Waals surface area contributed by atoms with Gasteiger partial charge in [0.2, 0.25) is 0 Å². The van der Waals surface area contributed by atoms with Crippen LogP contribution in [0.15, 0.2) is 11.6 Å². The van der Waals surface area contributed by atoms with Crippen molar-refractivity contribution in [3.05, 3.63) is 11.6 Å². The Morgan fingerprint density at radius 2 is 1.77 bits per heavy atom.